The molecule has 6 heteroatoms. The number of hydrogen-bond acceptors (Lipinski definition) is 2. The maximum atomic E-state index is 13.0. The third-order valence-corrected chi connectivity index (χ3v) is 3.41. The molecule has 0 atom stereocenters. The maximum absolute atomic E-state index is 13.0. The highest BCUT2D eigenvalue weighted by atomic mass is 19.4. The first-order chi connectivity index (χ1) is 10.5. The third-order valence-electron chi connectivity index (χ3n) is 3.41. The molecule has 0 saturated heterocycles. The van der Waals surface area contributed by atoms with E-state index in [4.69, 9.17) is 4.74 Å². The van der Waals surface area contributed by atoms with Crippen LogP contribution < -0.4 is 4.74 Å². The van der Waals surface area contributed by atoms with E-state index in [0.29, 0.717) is 17.1 Å². The second-order valence-corrected chi connectivity index (χ2v) is 4.87. The number of hydrogen-bond donors (Lipinski definition) is 0. The van der Waals surface area contributed by atoms with Crippen molar-refractivity contribution in [2.24, 2.45) is 0 Å². The van der Waals surface area contributed by atoms with Gasteiger partial charge in [0.25, 0.3) is 0 Å². The fourth-order valence-electron chi connectivity index (χ4n) is 2.43. The molecular weight excluding hydrogens is 293 g/mol. The number of pyridine rings is 1. The number of nitrogens with zero attached hydrogens (tertiary/aromatic N) is 2. The van der Waals surface area contributed by atoms with E-state index >= 15 is 0 Å². The molecule has 0 radical (unpaired) electrons. The number of aromatic nitrogens is 2. The Bertz CT molecular complexity index is 809. The molecule has 3 aromatic rings. The summed E-state index contributed by atoms with van der Waals surface area (Å²) in [5, 5.41) is 0. The zero-order chi connectivity index (χ0) is 15.7. The van der Waals surface area contributed by atoms with E-state index in [9.17, 15) is 13.2 Å². The van der Waals surface area contributed by atoms with Gasteiger partial charge in [-0.2, -0.15) is 13.2 Å². The molecule has 22 heavy (non-hydrogen) atoms. The molecule has 1 aromatic carbocycles. The summed E-state index contributed by atoms with van der Waals surface area (Å²) in [6.45, 7) is 0. The zero-order valence-electron chi connectivity index (χ0n) is 11.8. The van der Waals surface area contributed by atoms with E-state index in [0.717, 1.165) is 6.07 Å². The molecule has 3 nitrogen and oxygen atoms in total. The summed E-state index contributed by atoms with van der Waals surface area (Å²) in [7, 11) is 1.53. The molecule has 0 aliphatic heterocycles. The lowest BCUT2D eigenvalue weighted by atomic mass is 10.0. The predicted molar refractivity (Wildman–Crippen MR) is 76.0 cm³/mol. The molecule has 0 fully saturated rings. The van der Waals surface area contributed by atoms with Gasteiger partial charge in [-0.05, 0) is 23.8 Å². The Labute approximate surface area is 125 Å². The minimum atomic E-state index is -4.37. The maximum Gasteiger partial charge on any atom is 0.416 e. The van der Waals surface area contributed by atoms with Gasteiger partial charge in [-0.3, -0.25) is 0 Å². The smallest absolute Gasteiger partial charge is 0.416 e. The van der Waals surface area contributed by atoms with E-state index in [1.165, 1.54) is 19.2 Å². The van der Waals surface area contributed by atoms with Gasteiger partial charge in [-0.1, -0.05) is 18.2 Å². The predicted octanol–water partition coefficient (Wildman–Crippen LogP) is 3.95. The van der Waals surface area contributed by atoms with Gasteiger partial charge >= 0.3 is 6.18 Å². The zero-order valence-corrected chi connectivity index (χ0v) is 11.8. The molecule has 0 N–H and O–H groups in total. The van der Waals surface area contributed by atoms with Gasteiger partial charge < -0.3 is 9.14 Å². The first kappa shape index (κ1) is 14.4. The van der Waals surface area contributed by atoms with Crippen LogP contribution in [0.15, 0.2) is 48.8 Å². The molecule has 0 amide bonds. The monoisotopic (exact) mass is 306 g/mol. The number of ether oxygens (including phenoxy) is 1. The van der Waals surface area contributed by atoms with Gasteiger partial charge in [0.15, 0.2) is 11.4 Å². The topological polar surface area (TPSA) is 26.5 Å². The molecule has 0 saturated carbocycles. The number of methoxy groups -OCH3 is 1. The van der Waals surface area contributed by atoms with Crippen molar-refractivity contribution >= 4 is 5.65 Å². The van der Waals surface area contributed by atoms with Crippen molar-refractivity contribution in [2.45, 2.75) is 12.6 Å². The van der Waals surface area contributed by atoms with E-state index in [-0.39, 0.29) is 12.0 Å². The van der Waals surface area contributed by atoms with Crippen molar-refractivity contribution < 1.29 is 17.9 Å². The molecule has 3 rings (SSSR count). The summed E-state index contributed by atoms with van der Waals surface area (Å²) in [6.07, 6.45) is -0.761. The van der Waals surface area contributed by atoms with Crippen LogP contribution in [0.2, 0.25) is 0 Å². The van der Waals surface area contributed by atoms with Crippen molar-refractivity contribution in [3.05, 3.63) is 65.6 Å². The van der Waals surface area contributed by atoms with Crippen molar-refractivity contribution in [2.75, 3.05) is 7.11 Å². The second-order valence-electron chi connectivity index (χ2n) is 4.87. The van der Waals surface area contributed by atoms with Gasteiger partial charge in [-0.15, -0.1) is 0 Å². The van der Waals surface area contributed by atoms with Crippen molar-refractivity contribution in [1.82, 2.24) is 9.38 Å². The van der Waals surface area contributed by atoms with Crippen LogP contribution in [0.5, 0.6) is 5.75 Å². The molecule has 2 heterocycles. The number of alkyl halides is 3. The highest BCUT2D eigenvalue weighted by Gasteiger charge is 2.32. The van der Waals surface area contributed by atoms with E-state index in [2.05, 4.69) is 4.98 Å². The molecule has 2 aromatic heterocycles. The molecule has 0 bridgehead atoms. The van der Waals surface area contributed by atoms with Crippen LogP contribution >= 0.6 is 0 Å². The molecular formula is C16H13F3N2O. The van der Waals surface area contributed by atoms with Crippen LogP contribution in [0.4, 0.5) is 13.2 Å². The Kier molecular flexibility index (Phi) is 3.52. The van der Waals surface area contributed by atoms with Gasteiger partial charge in [0, 0.05) is 18.8 Å². The van der Waals surface area contributed by atoms with Crippen LogP contribution in [0.25, 0.3) is 5.65 Å². The van der Waals surface area contributed by atoms with E-state index < -0.39 is 11.7 Å². The summed E-state index contributed by atoms with van der Waals surface area (Å²) in [5.74, 6) is 0.581. The Morgan fingerprint density at radius 2 is 1.91 bits per heavy atom. The van der Waals surface area contributed by atoms with Crippen molar-refractivity contribution in [3.63, 3.8) is 0 Å². The van der Waals surface area contributed by atoms with Gasteiger partial charge in [0.1, 0.15) is 0 Å². The van der Waals surface area contributed by atoms with Gasteiger partial charge in [0.2, 0.25) is 0 Å². The lowest BCUT2D eigenvalue weighted by molar-refractivity contribution is -0.138. The first-order valence-corrected chi connectivity index (χ1v) is 6.65. The standard InChI is InChI=1S/C16H13F3N2O/c1-22-14-7-4-8-21-10-12(20-15(14)21)9-11-5-2-3-6-13(11)16(17,18)19/h2-8,10H,9H2,1H3. The molecule has 0 unspecified atom stereocenters. The van der Waals surface area contributed by atoms with Crippen LogP contribution in [-0.2, 0) is 12.6 Å². The van der Waals surface area contributed by atoms with E-state index in [1.54, 1.807) is 35.0 Å². The number of imidazole rings is 1. The Balaban J connectivity index is 2.01. The van der Waals surface area contributed by atoms with Crippen LogP contribution in [0.1, 0.15) is 16.8 Å². The molecule has 0 spiro atoms. The summed E-state index contributed by atoms with van der Waals surface area (Å²) in [4.78, 5) is 4.37. The first-order valence-electron chi connectivity index (χ1n) is 6.65. The fraction of sp³-hybridized carbons (Fsp3) is 0.188. The average Bonchev–Trinajstić information content (AvgIpc) is 2.88. The number of rotatable bonds is 3. The highest BCUT2D eigenvalue weighted by Crippen LogP contribution is 2.33. The highest BCUT2D eigenvalue weighted by molar-refractivity contribution is 5.54. The summed E-state index contributed by atoms with van der Waals surface area (Å²) in [5.41, 5.74) is 0.724. The van der Waals surface area contributed by atoms with Crippen molar-refractivity contribution in [3.8, 4) is 5.75 Å². The Hall–Kier alpha value is -2.50. The molecule has 0 aliphatic rings. The Morgan fingerprint density at radius 1 is 1.14 bits per heavy atom. The minimum Gasteiger partial charge on any atom is -0.493 e. The Morgan fingerprint density at radius 3 is 2.64 bits per heavy atom. The normalized spacial score (nSPS) is 11.8. The summed E-state index contributed by atoms with van der Waals surface area (Å²) in [6, 6.07) is 9.10. The van der Waals surface area contributed by atoms with Crippen LogP contribution in [0, 0.1) is 0 Å². The van der Waals surface area contributed by atoms with E-state index in [1.807, 2.05) is 0 Å². The number of benzene rings is 1. The van der Waals surface area contributed by atoms with Crippen LogP contribution in [0.3, 0.4) is 0 Å². The SMILES string of the molecule is COc1cccn2cc(Cc3ccccc3C(F)(F)F)nc12. The number of fused-ring (bicyclic) bond motifs is 1. The third kappa shape index (κ3) is 2.64. The van der Waals surface area contributed by atoms with Gasteiger partial charge in [-0.25, -0.2) is 4.98 Å². The van der Waals surface area contributed by atoms with Crippen molar-refractivity contribution in [1.29, 1.82) is 0 Å². The fourth-order valence-corrected chi connectivity index (χ4v) is 2.43. The molecule has 114 valence electrons. The largest absolute Gasteiger partial charge is 0.493 e. The quantitative estimate of drug-likeness (QED) is 0.732. The number of halogens is 3. The van der Waals surface area contributed by atoms with Crippen LogP contribution in [-0.4, -0.2) is 16.5 Å². The minimum absolute atomic E-state index is 0.112. The summed E-state index contributed by atoms with van der Waals surface area (Å²) >= 11 is 0. The lowest BCUT2D eigenvalue weighted by Crippen LogP contribution is -2.09. The lowest BCUT2D eigenvalue weighted by Gasteiger charge is -2.11. The average molecular weight is 306 g/mol. The molecule has 0 aliphatic carbocycles. The summed E-state index contributed by atoms with van der Waals surface area (Å²) < 4.78 is 46.0. The van der Waals surface area contributed by atoms with Gasteiger partial charge in [0.05, 0.1) is 18.4 Å². The second kappa shape index (κ2) is 5.36.